The van der Waals surface area contributed by atoms with Gasteiger partial charge in [-0.05, 0) is 6.92 Å². The maximum absolute atomic E-state index is 13.4. The van der Waals surface area contributed by atoms with Gasteiger partial charge < -0.3 is 4.74 Å². The molecule has 0 aliphatic heterocycles. The lowest BCUT2D eigenvalue weighted by Crippen LogP contribution is -2.04. The molecular weight excluding hydrogens is 340 g/mol. The van der Waals surface area contributed by atoms with Crippen molar-refractivity contribution in [2.75, 3.05) is 5.94 Å². The Kier molecular flexibility index (Phi) is 4.71. The fourth-order valence-corrected chi connectivity index (χ4v) is 2.89. The highest BCUT2D eigenvalue weighted by molar-refractivity contribution is 8.00. The molecule has 0 bridgehead atoms. The summed E-state index contributed by atoms with van der Waals surface area (Å²) in [6.45, 7) is 1.73. The van der Waals surface area contributed by atoms with E-state index >= 15 is 0 Å². The molecule has 0 saturated carbocycles. The minimum atomic E-state index is -1.70. The quantitative estimate of drug-likeness (QED) is 0.274. The van der Waals surface area contributed by atoms with Crippen molar-refractivity contribution in [3.05, 3.63) is 33.3 Å². The Bertz CT molecular complexity index is 623. The van der Waals surface area contributed by atoms with Crippen molar-refractivity contribution >= 4 is 34.7 Å². The molecule has 0 unspecified atom stereocenters. The minimum absolute atomic E-state index is 0.289. The van der Waals surface area contributed by atoms with E-state index < -0.39 is 34.0 Å². The van der Waals surface area contributed by atoms with E-state index in [4.69, 9.17) is 16.3 Å². The number of benzene rings is 1. The zero-order chi connectivity index (χ0) is 14.9. The zero-order valence-corrected chi connectivity index (χ0v) is 12.1. The van der Waals surface area contributed by atoms with Gasteiger partial charge >= 0.3 is 0 Å². The third kappa shape index (κ3) is 2.99. The molecule has 108 valence electrons. The van der Waals surface area contributed by atoms with Gasteiger partial charge in [-0.3, -0.25) is 0 Å². The SMILES string of the molecule is Cc1nnc(SCOc2c(F)c(F)c(Cl)c(F)c2F)s1. The number of nitrogens with zero attached hydrogens (tertiary/aromatic N) is 2. The number of aryl methyl sites for hydroxylation is 1. The number of aromatic nitrogens is 2. The topological polar surface area (TPSA) is 35.0 Å². The summed E-state index contributed by atoms with van der Waals surface area (Å²) in [5, 5.41) is 6.91. The molecule has 2 aromatic rings. The van der Waals surface area contributed by atoms with E-state index in [1.807, 2.05) is 0 Å². The molecule has 0 aliphatic rings. The predicted molar refractivity (Wildman–Crippen MR) is 67.3 cm³/mol. The smallest absolute Gasteiger partial charge is 0.205 e. The van der Waals surface area contributed by atoms with Gasteiger partial charge in [-0.15, -0.1) is 10.2 Å². The third-order valence-electron chi connectivity index (χ3n) is 2.06. The molecule has 0 N–H and O–H groups in total. The van der Waals surface area contributed by atoms with Crippen molar-refractivity contribution in [2.24, 2.45) is 0 Å². The molecule has 3 nitrogen and oxygen atoms in total. The van der Waals surface area contributed by atoms with Gasteiger partial charge in [-0.25, -0.2) is 8.78 Å². The summed E-state index contributed by atoms with van der Waals surface area (Å²) >= 11 is 7.31. The Labute approximate surface area is 123 Å². The Morgan fingerprint density at radius 3 is 2.20 bits per heavy atom. The van der Waals surface area contributed by atoms with E-state index in [9.17, 15) is 17.6 Å². The van der Waals surface area contributed by atoms with Crippen LogP contribution in [0.4, 0.5) is 17.6 Å². The summed E-state index contributed by atoms with van der Waals surface area (Å²) in [5.41, 5.74) is 0. The van der Waals surface area contributed by atoms with Crippen molar-refractivity contribution in [3.63, 3.8) is 0 Å². The summed E-state index contributed by atoms with van der Waals surface area (Å²) < 4.78 is 58.4. The van der Waals surface area contributed by atoms with Crippen molar-refractivity contribution in [1.82, 2.24) is 10.2 Å². The molecule has 0 radical (unpaired) electrons. The molecule has 0 aliphatic carbocycles. The van der Waals surface area contributed by atoms with Crippen LogP contribution in [0.5, 0.6) is 5.75 Å². The molecule has 0 fully saturated rings. The van der Waals surface area contributed by atoms with E-state index in [2.05, 4.69) is 10.2 Å². The first-order chi connectivity index (χ1) is 9.41. The number of ether oxygens (including phenoxy) is 1. The van der Waals surface area contributed by atoms with E-state index in [0.717, 1.165) is 11.8 Å². The first-order valence-electron chi connectivity index (χ1n) is 4.99. The Morgan fingerprint density at radius 2 is 1.70 bits per heavy atom. The van der Waals surface area contributed by atoms with Crippen molar-refractivity contribution in [1.29, 1.82) is 0 Å². The number of hydrogen-bond donors (Lipinski definition) is 0. The lowest BCUT2D eigenvalue weighted by atomic mass is 10.3. The summed E-state index contributed by atoms with van der Waals surface area (Å²) in [5.74, 6) is -8.19. The standard InChI is InChI=1S/C10H5ClF4N2OS2/c1-3-16-17-10(20-3)19-2-18-9-7(14)5(12)4(11)6(13)8(9)15/h2H2,1H3. The lowest BCUT2D eigenvalue weighted by Gasteiger charge is -2.09. The highest BCUT2D eigenvalue weighted by atomic mass is 35.5. The van der Waals surface area contributed by atoms with Crippen LogP contribution in [0.15, 0.2) is 4.34 Å². The maximum Gasteiger partial charge on any atom is 0.205 e. The van der Waals surface area contributed by atoms with Crippen LogP contribution in [-0.2, 0) is 0 Å². The number of thioether (sulfide) groups is 1. The third-order valence-corrected chi connectivity index (χ3v) is 4.20. The largest absolute Gasteiger partial charge is 0.476 e. The van der Waals surface area contributed by atoms with Crippen LogP contribution in [0.1, 0.15) is 5.01 Å². The monoisotopic (exact) mass is 344 g/mol. The highest BCUT2D eigenvalue weighted by Crippen LogP contribution is 2.33. The lowest BCUT2D eigenvalue weighted by molar-refractivity contribution is 0.320. The molecule has 1 aromatic heterocycles. The van der Waals surface area contributed by atoms with Crippen molar-refractivity contribution < 1.29 is 22.3 Å². The zero-order valence-electron chi connectivity index (χ0n) is 9.72. The predicted octanol–water partition coefficient (Wildman–Crippen LogP) is 4.18. The second-order valence-corrected chi connectivity index (χ2v) is 6.12. The van der Waals surface area contributed by atoms with Gasteiger partial charge in [0.2, 0.25) is 11.6 Å². The van der Waals surface area contributed by atoms with Crippen molar-refractivity contribution in [3.8, 4) is 5.75 Å². The van der Waals surface area contributed by atoms with Crippen LogP contribution in [-0.4, -0.2) is 16.1 Å². The molecule has 2 rings (SSSR count). The molecule has 20 heavy (non-hydrogen) atoms. The van der Waals surface area contributed by atoms with Gasteiger partial charge in [0, 0.05) is 0 Å². The Hall–Kier alpha value is -1.06. The van der Waals surface area contributed by atoms with Crippen molar-refractivity contribution in [2.45, 2.75) is 11.3 Å². The van der Waals surface area contributed by atoms with Crippen LogP contribution < -0.4 is 4.74 Å². The van der Waals surface area contributed by atoms with Crippen LogP contribution >= 0.6 is 34.7 Å². The molecular formula is C10H5ClF4N2OS2. The van der Waals surface area contributed by atoms with Gasteiger partial charge in [0.15, 0.2) is 21.7 Å². The fourth-order valence-electron chi connectivity index (χ4n) is 1.19. The molecule has 0 spiro atoms. The van der Waals surface area contributed by atoms with E-state index in [-0.39, 0.29) is 5.94 Å². The molecule has 0 atom stereocenters. The average Bonchev–Trinajstić information content (AvgIpc) is 2.84. The Balaban J connectivity index is 2.13. The van der Waals surface area contributed by atoms with Crippen LogP contribution in [0.2, 0.25) is 5.02 Å². The summed E-state index contributed by atoms with van der Waals surface area (Å²) in [7, 11) is 0. The number of rotatable bonds is 4. The molecule has 1 heterocycles. The molecule has 10 heteroatoms. The van der Waals surface area contributed by atoms with Gasteiger partial charge in [0.25, 0.3) is 0 Å². The minimum Gasteiger partial charge on any atom is -0.476 e. The number of halogens is 5. The van der Waals surface area contributed by atoms with E-state index in [1.54, 1.807) is 6.92 Å². The highest BCUT2D eigenvalue weighted by Gasteiger charge is 2.25. The molecule has 1 aromatic carbocycles. The fraction of sp³-hybridized carbons (Fsp3) is 0.200. The van der Waals surface area contributed by atoms with Crippen LogP contribution in [0.3, 0.4) is 0 Å². The summed E-state index contributed by atoms with van der Waals surface area (Å²) in [6.07, 6.45) is 0. The van der Waals surface area contributed by atoms with Crippen LogP contribution in [0.25, 0.3) is 0 Å². The molecule has 0 saturated heterocycles. The molecule has 0 amide bonds. The second kappa shape index (κ2) is 6.15. The maximum atomic E-state index is 13.4. The summed E-state index contributed by atoms with van der Waals surface area (Å²) in [4.78, 5) is 0. The first kappa shape index (κ1) is 15.3. The van der Waals surface area contributed by atoms with Gasteiger partial charge in [-0.2, -0.15) is 8.78 Å². The van der Waals surface area contributed by atoms with E-state index in [1.165, 1.54) is 11.3 Å². The van der Waals surface area contributed by atoms with Crippen LogP contribution in [0, 0.1) is 30.2 Å². The van der Waals surface area contributed by atoms with E-state index in [0.29, 0.717) is 9.35 Å². The normalized spacial score (nSPS) is 10.9. The second-order valence-electron chi connectivity index (χ2n) is 3.39. The Morgan fingerprint density at radius 1 is 1.10 bits per heavy atom. The van der Waals surface area contributed by atoms with Gasteiger partial charge in [0.1, 0.15) is 16.0 Å². The number of hydrogen-bond acceptors (Lipinski definition) is 5. The summed E-state index contributed by atoms with van der Waals surface area (Å²) in [6, 6.07) is 0. The van der Waals surface area contributed by atoms with Gasteiger partial charge in [0.05, 0.1) is 0 Å². The van der Waals surface area contributed by atoms with Gasteiger partial charge in [-0.1, -0.05) is 34.7 Å². The first-order valence-corrected chi connectivity index (χ1v) is 7.17. The average molecular weight is 345 g/mol.